The smallest absolute Gasteiger partial charge is 0.133 e. The number of hydrogen-bond acceptors (Lipinski definition) is 4. The van der Waals surface area contributed by atoms with Gasteiger partial charge in [-0.2, -0.15) is 0 Å². The Kier molecular flexibility index (Phi) is 6.98. The molecule has 6 heteroatoms. The summed E-state index contributed by atoms with van der Waals surface area (Å²) in [5, 5.41) is 3.66. The molecule has 4 rings (SSSR count). The molecule has 1 aliphatic rings. The third-order valence-corrected chi connectivity index (χ3v) is 6.19. The standard InChI is InChI=1S/C25H24Br2N2O2/c1-3-30-20-13-14-21(22(15-20)31-4-2)25-28-23(16-5-9-18(26)10-6-16)24(29-25)17-7-11-19(27)12-8-17/h5-15,23-24H,3-4H2,1-2H3,(H,28,29)/t23-,24+. The van der Waals surface area contributed by atoms with Crippen LogP contribution in [0.5, 0.6) is 11.5 Å². The lowest BCUT2D eigenvalue weighted by atomic mass is 9.95. The zero-order valence-electron chi connectivity index (χ0n) is 17.4. The van der Waals surface area contributed by atoms with E-state index in [4.69, 9.17) is 14.5 Å². The molecule has 0 aliphatic carbocycles. The molecule has 160 valence electrons. The third kappa shape index (κ3) is 4.96. The van der Waals surface area contributed by atoms with Crippen molar-refractivity contribution in [3.05, 3.63) is 92.4 Å². The summed E-state index contributed by atoms with van der Waals surface area (Å²) in [5.41, 5.74) is 3.27. The Bertz CT molecular complexity index is 1070. The molecule has 31 heavy (non-hydrogen) atoms. The molecule has 0 radical (unpaired) electrons. The second kappa shape index (κ2) is 9.88. The Labute approximate surface area is 200 Å². The van der Waals surface area contributed by atoms with Crippen LogP contribution < -0.4 is 14.8 Å². The molecule has 1 heterocycles. The van der Waals surface area contributed by atoms with Gasteiger partial charge in [-0.1, -0.05) is 56.1 Å². The van der Waals surface area contributed by atoms with E-state index in [0.717, 1.165) is 37.4 Å². The van der Waals surface area contributed by atoms with E-state index in [2.05, 4.69) is 85.7 Å². The summed E-state index contributed by atoms with van der Waals surface area (Å²) >= 11 is 7.07. The highest BCUT2D eigenvalue weighted by molar-refractivity contribution is 9.10. The Morgan fingerprint density at radius 3 is 2.03 bits per heavy atom. The Hall–Kier alpha value is -2.31. The average Bonchev–Trinajstić information content (AvgIpc) is 3.21. The molecule has 3 aromatic carbocycles. The predicted octanol–water partition coefficient (Wildman–Crippen LogP) is 6.84. The van der Waals surface area contributed by atoms with Crippen LogP contribution in [0.4, 0.5) is 0 Å². The first-order valence-electron chi connectivity index (χ1n) is 10.3. The maximum atomic E-state index is 5.94. The number of halogens is 2. The predicted molar refractivity (Wildman–Crippen MR) is 132 cm³/mol. The second-order valence-corrected chi connectivity index (χ2v) is 9.00. The first-order chi connectivity index (χ1) is 15.1. The van der Waals surface area contributed by atoms with Gasteiger partial charge in [-0.25, -0.2) is 0 Å². The zero-order chi connectivity index (χ0) is 21.8. The van der Waals surface area contributed by atoms with E-state index in [1.807, 2.05) is 32.0 Å². The fraction of sp³-hybridized carbons (Fsp3) is 0.240. The van der Waals surface area contributed by atoms with Crippen molar-refractivity contribution in [2.24, 2.45) is 4.99 Å². The van der Waals surface area contributed by atoms with Gasteiger partial charge in [0.15, 0.2) is 0 Å². The van der Waals surface area contributed by atoms with Crippen LogP contribution >= 0.6 is 31.9 Å². The van der Waals surface area contributed by atoms with Crippen LogP contribution in [-0.4, -0.2) is 19.0 Å². The van der Waals surface area contributed by atoms with Crippen molar-refractivity contribution < 1.29 is 9.47 Å². The van der Waals surface area contributed by atoms with Gasteiger partial charge in [-0.05, 0) is 61.4 Å². The number of rotatable bonds is 7. The van der Waals surface area contributed by atoms with E-state index >= 15 is 0 Å². The highest BCUT2D eigenvalue weighted by Gasteiger charge is 2.33. The maximum absolute atomic E-state index is 5.94. The Morgan fingerprint density at radius 1 is 0.806 bits per heavy atom. The highest BCUT2D eigenvalue weighted by atomic mass is 79.9. The van der Waals surface area contributed by atoms with Crippen molar-refractivity contribution >= 4 is 37.7 Å². The van der Waals surface area contributed by atoms with Gasteiger partial charge >= 0.3 is 0 Å². The minimum atomic E-state index is -0.0506. The molecule has 4 nitrogen and oxygen atoms in total. The van der Waals surface area contributed by atoms with Gasteiger partial charge in [0.1, 0.15) is 23.4 Å². The Balaban J connectivity index is 1.75. The number of amidine groups is 1. The van der Waals surface area contributed by atoms with Crippen LogP contribution in [0.1, 0.15) is 42.6 Å². The summed E-state index contributed by atoms with van der Waals surface area (Å²) in [6.45, 7) is 5.14. The van der Waals surface area contributed by atoms with Crippen molar-refractivity contribution in [1.82, 2.24) is 5.32 Å². The number of hydrogen-bond donors (Lipinski definition) is 1. The molecule has 2 atom stereocenters. The summed E-state index contributed by atoms with van der Waals surface area (Å²) in [5.74, 6) is 2.39. The monoisotopic (exact) mass is 542 g/mol. The summed E-state index contributed by atoms with van der Waals surface area (Å²) in [7, 11) is 0. The quantitative estimate of drug-likeness (QED) is 0.354. The summed E-state index contributed by atoms with van der Waals surface area (Å²) in [6.07, 6.45) is 0. The van der Waals surface area contributed by atoms with Crippen molar-refractivity contribution in [2.75, 3.05) is 13.2 Å². The number of ether oxygens (including phenoxy) is 2. The zero-order valence-corrected chi connectivity index (χ0v) is 20.6. The minimum Gasteiger partial charge on any atom is -0.494 e. The minimum absolute atomic E-state index is 0.0188. The summed E-state index contributed by atoms with van der Waals surface area (Å²) in [6, 6.07) is 22.6. The van der Waals surface area contributed by atoms with E-state index in [1.54, 1.807) is 0 Å². The van der Waals surface area contributed by atoms with E-state index in [1.165, 1.54) is 5.56 Å². The molecule has 0 fully saturated rings. The van der Waals surface area contributed by atoms with Gasteiger partial charge in [0.2, 0.25) is 0 Å². The lowest BCUT2D eigenvalue weighted by Crippen LogP contribution is -2.25. The lowest BCUT2D eigenvalue weighted by molar-refractivity contribution is 0.322. The molecule has 0 bridgehead atoms. The topological polar surface area (TPSA) is 42.8 Å². The van der Waals surface area contributed by atoms with Crippen molar-refractivity contribution in [3.8, 4) is 11.5 Å². The van der Waals surface area contributed by atoms with Gasteiger partial charge in [-0.15, -0.1) is 0 Å². The molecule has 0 aromatic heterocycles. The molecule has 1 aliphatic heterocycles. The molecule has 0 spiro atoms. The summed E-state index contributed by atoms with van der Waals surface area (Å²) in [4.78, 5) is 5.11. The number of nitrogens with zero attached hydrogens (tertiary/aromatic N) is 1. The van der Waals surface area contributed by atoms with Gasteiger partial charge in [0.05, 0.1) is 24.8 Å². The van der Waals surface area contributed by atoms with Crippen LogP contribution in [-0.2, 0) is 0 Å². The third-order valence-electron chi connectivity index (χ3n) is 5.14. The van der Waals surface area contributed by atoms with Gasteiger partial charge in [0.25, 0.3) is 0 Å². The van der Waals surface area contributed by atoms with Crippen LogP contribution in [0.2, 0.25) is 0 Å². The Morgan fingerprint density at radius 2 is 1.42 bits per heavy atom. The molecule has 0 saturated heterocycles. The van der Waals surface area contributed by atoms with E-state index in [9.17, 15) is 0 Å². The molecule has 1 N–H and O–H groups in total. The van der Waals surface area contributed by atoms with Crippen LogP contribution in [0.15, 0.2) is 80.7 Å². The van der Waals surface area contributed by atoms with Crippen molar-refractivity contribution in [1.29, 1.82) is 0 Å². The van der Waals surface area contributed by atoms with Crippen LogP contribution in [0.3, 0.4) is 0 Å². The van der Waals surface area contributed by atoms with E-state index in [0.29, 0.717) is 13.2 Å². The molecule has 0 unspecified atom stereocenters. The largest absolute Gasteiger partial charge is 0.494 e. The van der Waals surface area contributed by atoms with Gasteiger partial charge < -0.3 is 14.8 Å². The van der Waals surface area contributed by atoms with Crippen LogP contribution in [0, 0.1) is 0 Å². The molecular formula is C25H24Br2N2O2. The van der Waals surface area contributed by atoms with Crippen molar-refractivity contribution in [3.63, 3.8) is 0 Å². The second-order valence-electron chi connectivity index (χ2n) is 7.17. The van der Waals surface area contributed by atoms with Crippen molar-refractivity contribution in [2.45, 2.75) is 25.9 Å². The molecule has 3 aromatic rings. The van der Waals surface area contributed by atoms with E-state index < -0.39 is 0 Å². The molecular weight excluding hydrogens is 520 g/mol. The number of nitrogens with one attached hydrogen (secondary N) is 1. The SMILES string of the molecule is CCOc1ccc(C2=N[C@@H](c3ccc(Br)cc3)[C@@H](c3ccc(Br)cc3)N2)c(OCC)c1. The van der Waals surface area contributed by atoms with Crippen LogP contribution in [0.25, 0.3) is 0 Å². The fourth-order valence-corrected chi connectivity index (χ4v) is 4.25. The number of benzene rings is 3. The maximum Gasteiger partial charge on any atom is 0.133 e. The van der Waals surface area contributed by atoms with E-state index in [-0.39, 0.29) is 12.1 Å². The lowest BCUT2D eigenvalue weighted by Gasteiger charge is -2.20. The molecule has 0 amide bonds. The highest BCUT2D eigenvalue weighted by Crippen LogP contribution is 2.39. The van der Waals surface area contributed by atoms with Gasteiger partial charge in [0, 0.05) is 15.0 Å². The summed E-state index contributed by atoms with van der Waals surface area (Å²) < 4.78 is 13.7. The first-order valence-corrected chi connectivity index (χ1v) is 11.9. The normalized spacial score (nSPS) is 17.7. The fourth-order valence-electron chi connectivity index (χ4n) is 3.72. The first kappa shape index (κ1) is 21.9. The van der Waals surface area contributed by atoms with Gasteiger partial charge in [-0.3, -0.25) is 4.99 Å². The number of aliphatic imine (C=N–C) groups is 1. The molecule has 0 saturated carbocycles. The average molecular weight is 544 g/mol.